The first-order chi connectivity index (χ1) is 6.89. The zero-order chi connectivity index (χ0) is 11.6. The summed E-state index contributed by atoms with van der Waals surface area (Å²) < 4.78 is 25.5. The fourth-order valence-corrected chi connectivity index (χ4v) is 2.24. The number of aliphatic hydroxyl groups is 1. The molecule has 0 spiro atoms. The molecule has 7 nitrogen and oxygen atoms in total. The molecule has 0 radical (unpaired) electrons. The minimum atomic E-state index is -4.61. The van der Waals surface area contributed by atoms with Gasteiger partial charge in [0.1, 0.15) is 18.3 Å². The summed E-state index contributed by atoms with van der Waals surface area (Å²) in [5.41, 5.74) is 0. The van der Waals surface area contributed by atoms with E-state index in [1.165, 1.54) is 7.11 Å². The van der Waals surface area contributed by atoms with Crippen LogP contribution in [-0.2, 0) is 18.6 Å². The third-order valence-electron chi connectivity index (χ3n) is 2.25. The molecule has 0 amide bonds. The van der Waals surface area contributed by atoms with E-state index < -0.39 is 26.1 Å². The molecule has 1 aliphatic rings. The fourth-order valence-electron chi connectivity index (χ4n) is 1.67. The summed E-state index contributed by atoms with van der Waals surface area (Å²) in [6.45, 7) is 1.30. The zero-order valence-electron chi connectivity index (χ0n) is 8.44. The van der Waals surface area contributed by atoms with Crippen molar-refractivity contribution < 1.29 is 33.5 Å². The molecule has 0 saturated carbocycles. The molecule has 1 saturated heterocycles. The minimum absolute atomic E-state index is 0.380. The summed E-state index contributed by atoms with van der Waals surface area (Å²) in [7, 11) is -3.22. The molecule has 0 aromatic heterocycles. The molecule has 4 unspecified atom stereocenters. The van der Waals surface area contributed by atoms with E-state index >= 15 is 0 Å². The van der Waals surface area contributed by atoms with Crippen LogP contribution in [0.2, 0.25) is 0 Å². The molecule has 0 aliphatic carbocycles. The number of phosphoric ester groups is 1. The van der Waals surface area contributed by atoms with Gasteiger partial charge in [-0.25, -0.2) is 4.57 Å². The van der Waals surface area contributed by atoms with Gasteiger partial charge >= 0.3 is 7.82 Å². The molecule has 4 atom stereocenters. The second-order valence-electron chi connectivity index (χ2n) is 3.32. The molecule has 90 valence electrons. The fraction of sp³-hybridized carbons (Fsp3) is 1.00. The molecular formula is C7H15O7P. The number of hydrogen-bond donors (Lipinski definition) is 3. The van der Waals surface area contributed by atoms with E-state index in [0.717, 1.165) is 0 Å². The summed E-state index contributed by atoms with van der Waals surface area (Å²) in [5.74, 6) is 0. The first-order valence-electron chi connectivity index (χ1n) is 4.42. The number of rotatable bonds is 4. The molecule has 15 heavy (non-hydrogen) atoms. The normalized spacial score (nSPS) is 37.1. The summed E-state index contributed by atoms with van der Waals surface area (Å²) in [6.07, 6.45) is -2.73. The molecule has 0 aromatic rings. The summed E-state index contributed by atoms with van der Waals surface area (Å²) in [6, 6.07) is 0. The van der Waals surface area contributed by atoms with Crippen molar-refractivity contribution in [3.05, 3.63) is 0 Å². The third-order valence-corrected chi connectivity index (χ3v) is 2.77. The largest absolute Gasteiger partial charge is 0.470 e. The van der Waals surface area contributed by atoms with Crippen molar-refractivity contribution in [3.63, 3.8) is 0 Å². The predicted molar refractivity (Wildman–Crippen MR) is 49.1 cm³/mol. The number of methoxy groups -OCH3 is 1. The quantitative estimate of drug-likeness (QED) is 0.557. The van der Waals surface area contributed by atoms with E-state index in [2.05, 4.69) is 4.52 Å². The van der Waals surface area contributed by atoms with Gasteiger partial charge in [-0.15, -0.1) is 0 Å². The lowest BCUT2D eigenvalue weighted by Crippen LogP contribution is -2.36. The maximum atomic E-state index is 10.7. The van der Waals surface area contributed by atoms with Crippen LogP contribution in [0, 0.1) is 0 Å². The molecule has 1 heterocycles. The summed E-state index contributed by atoms with van der Waals surface area (Å²) >= 11 is 0. The van der Waals surface area contributed by atoms with E-state index in [1.807, 2.05) is 0 Å². The molecule has 0 aromatic carbocycles. The predicted octanol–water partition coefficient (Wildman–Crippen LogP) is -0.741. The van der Waals surface area contributed by atoms with Crippen LogP contribution in [0.5, 0.6) is 0 Å². The van der Waals surface area contributed by atoms with Crippen LogP contribution in [0.1, 0.15) is 6.92 Å². The van der Waals surface area contributed by atoms with Crippen molar-refractivity contribution >= 4 is 7.82 Å². The highest BCUT2D eigenvalue weighted by molar-refractivity contribution is 7.46. The van der Waals surface area contributed by atoms with Gasteiger partial charge in [0.15, 0.2) is 0 Å². The average Bonchev–Trinajstić information content (AvgIpc) is 2.39. The number of ether oxygens (including phenoxy) is 2. The number of hydrogen-bond acceptors (Lipinski definition) is 5. The first-order valence-corrected chi connectivity index (χ1v) is 5.95. The minimum Gasteiger partial charge on any atom is -0.394 e. The Morgan fingerprint density at radius 1 is 1.40 bits per heavy atom. The van der Waals surface area contributed by atoms with Crippen LogP contribution in [0.4, 0.5) is 0 Å². The van der Waals surface area contributed by atoms with Crippen molar-refractivity contribution in [2.45, 2.75) is 31.3 Å². The van der Waals surface area contributed by atoms with Crippen LogP contribution in [0.25, 0.3) is 0 Å². The van der Waals surface area contributed by atoms with Gasteiger partial charge in [-0.2, -0.15) is 0 Å². The lowest BCUT2D eigenvalue weighted by Gasteiger charge is -2.21. The average molecular weight is 242 g/mol. The van der Waals surface area contributed by atoms with Crippen molar-refractivity contribution in [3.8, 4) is 0 Å². The van der Waals surface area contributed by atoms with Crippen LogP contribution in [0.3, 0.4) is 0 Å². The van der Waals surface area contributed by atoms with Crippen molar-refractivity contribution in [1.82, 2.24) is 0 Å². The third kappa shape index (κ3) is 3.22. The van der Waals surface area contributed by atoms with E-state index in [4.69, 9.17) is 24.4 Å². The van der Waals surface area contributed by atoms with Crippen molar-refractivity contribution in [1.29, 1.82) is 0 Å². The smallest absolute Gasteiger partial charge is 0.394 e. The van der Waals surface area contributed by atoms with Gasteiger partial charge in [0.05, 0.1) is 12.7 Å². The standard InChI is InChI=1S/C7H15O7P/c1-4-6(12-2)7(5(3-8)13-4)14-15(9,10)11/h4-8H,3H2,1-2H3,(H2,9,10,11). The van der Waals surface area contributed by atoms with E-state index in [9.17, 15) is 4.57 Å². The Morgan fingerprint density at radius 3 is 2.40 bits per heavy atom. The van der Waals surface area contributed by atoms with Gasteiger partial charge in [0.25, 0.3) is 0 Å². The Morgan fingerprint density at radius 2 is 2.00 bits per heavy atom. The molecule has 1 fully saturated rings. The van der Waals surface area contributed by atoms with Gasteiger partial charge < -0.3 is 24.4 Å². The van der Waals surface area contributed by atoms with Crippen molar-refractivity contribution in [2.24, 2.45) is 0 Å². The highest BCUT2D eigenvalue weighted by atomic mass is 31.2. The zero-order valence-corrected chi connectivity index (χ0v) is 9.33. The highest BCUT2D eigenvalue weighted by Crippen LogP contribution is 2.42. The highest BCUT2D eigenvalue weighted by Gasteiger charge is 2.46. The van der Waals surface area contributed by atoms with Gasteiger partial charge in [-0.1, -0.05) is 0 Å². The Bertz CT molecular complexity index is 252. The van der Waals surface area contributed by atoms with E-state index in [0.29, 0.717) is 0 Å². The van der Waals surface area contributed by atoms with Crippen LogP contribution >= 0.6 is 7.82 Å². The second-order valence-corrected chi connectivity index (χ2v) is 4.52. The maximum Gasteiger partial charge on any atom is 0.470 e. The SMILES string of the molecule is COC1C(C)OC(CO)C1OP(=O)(O)O. The number of phosphoric acid groups is 1. The van der Waals surface area contributed by atoms with E-state index in [-0.39, 0.29) is 12.7 Å². The summed E-state index contributed by atoms with van der Waals surface area (Å²) in [5, 5.41) is 8.95. The Kier molecular flexibility index (Phi) is 4.25. The molecule has 3 N–H and O–H groups in total. The number of aliphatic hydroxyl groups excluding tert-OH is 1. The Balaban J connectivity index is 2.76. The molecule has 8 heteroatoms. The van der Waals surface area contributed by atoms with Crippen molar-refractivity contribution in [2.75, 3.05) is 13.7 Å². The maximum absolute atomic E-state index is 10.7. The van der Waals surface area contributed by atoms with Gasteiger partial charge in [-0.3, -0.25) is 4.52 Å². The molecule has 0 bridgehead atoms. The van der Waals surface area contributed by atoms with Crippen LogP contribution in [-0.4, -0.2) is 53.0 Å². The molecule has 1 aliphatic heterocycles. The molecular weight excluding hydrogens is 227 g/mol. The lowest BCUT2D eigenvalue weighted by molar-refractivity contribution is -0.0171. The second kappa shape index (κ2) is 4.88. The summed E-state index contributed by atoms with van der Waals surface area (Å²) in [4.78, 5) is 17.4. The monoisotopic (exact) mass is 242 g/mol. The van der Waals surface area contributed by atoms with Gasteiger partial charge in [-0.05, 0) is 6.92 Å². The topological polar surface area (TPSA) is 105 Å². The van der Waals surface area contributed by atoms with Gasteiger partial charge in [0, 0.05) is 7.11 Å². The molecule has 1 rings (SSSR count). The lowest BCUT2D eigenvalue weighted by atomic mass is 10.1. The van der Waals surface area contributed by atoms with Gasteiger partial charge in [0.2, 0.25) is 0 Å². The van der Waals surface area contributed by atoms with Crippen LogP contribution < -0.4 is 0 Å². The van der Waals surface area contributed by atoms with Crippen LogP contribution in [0.15, 0.2) is 0 Å². The van der Waals surface area contributed by atoms with E-state index in [1.54, 1.807) is 6.92 Å². The Hall–Kier alpha value is -0.0100. The first kappa shape index (κ1) is 13.1. The Labute approximate surface area is 87.2 Å².